The fourth-order valence-corrected chi connectivity index (χ4v) is 5.52. The zero-order chi connectivity index (χ0) is 24.6. The molecule has 2 aromatic rings. The van der Waals surface area contributed by atoms with Crippen LogP contribution in [0.15, 0.2) is 34.7 Å². The first-order valence-electron chi connectivity index (χ1n) is 11.4. The van der Waals surface area contributed by atoms with Crippen molar-refractivity contribution in [1.82, 2.24) is 4.98 Å². The zero-order valence-corrected chi connectivity index (χ0v) is 21.5. The van der Waals surface area contributed by atoms with Crippen LogP contribution >= 0.6 is 23.1 Å². The number of anilines is 2. The summed E-state index contributed by atoms with van der Waals surface area (Å²) in [6, 6.07) is 7.29. The molecule has 186 valence electrons. The summed E-state index contributed by atoms with van der Waals surface area (Å²) in [4.78, 5) is 30.7. The third-order valence-electron chi connectivity index (χ3n) is 5.72. The molecule has 1 fully saturated rings. The van der Waals surface area contributed by atoms with Crippen molar-refractivity contribution in [2.24, 2.45) is 11.3 Å². The summed E-state index contributed by atoms with van der Waals surface area (Å²) in [5.41, 5.74) is -0.0341. The summed E-state index contributed by atoms with van der Waals surface area (Å²) in [6.07, 6.45) is 6.33. The number of carbonyl (C=O) groups is 2. The number of rotatable bonds is 12. The van der Waals surface area contributed by atoms with Crippen LogP contribution in [0.2, 0.25) is 0 Å². The molecular weight excluding hydrogens is 474 g/mol. The number of carboxylic acids is 1. The number of carboxylic acid groups (broad SMARTS) is 1. The molecule has 0 radical (unpaired) electrons. The first-order valence-corrected chi connectivity index (χ1v) is 13.2. The molecule has 0 spiro atoms. The lowest BCUT2D eigenvalue weighted by molar-refractivity contribution is -0.145. The van der Waals surface area contributed by atoms with Crippen LogP contribution in [0.5, 0.6) is 5.75 Å². The fourth-order valence-electron chi connectivity index (χ4n) is 3.58. The largest absolute Gasteiger partial charge is 0.491 e. The Morgan fingerprint density at radius 1 is 1.24 bits per heavy atom. The van der Waals surface area contributed by atoms with Crippen molar-refractivity contribution in [1.29, 1.82) is 0 Å². The smallest absolute Gasteiger partial charge is 0.328 e. The van der Waals surface area contributed by atoms with Gasteiger partial charge in [-0.1, -0.05) is 24.2 Å². The maximum atomic E-state index is 13.3. The van der Waals surface area contributed by atoms with Gasteiger partial charge < -0.3 is 14.6 Å². The molecule has 10 heteroatoms. The summed E-state index contributed by atoms with van der Waals surface area (Å²) in [7, 11) is 1.63. The lowest BCUT2D eigenvalue weighted by Gasteiger charge is -2.26. The van der Waals surface area contributed by atoms with Crippen molar-refractivity contribution in [2.75, 3.05) is 42.8 Å². The number of aliphatic carboxylic acids is 1. The monoisotopic (exact) mass is 507 g/mol. The molecule has 1 heterocycles. The van der Waals surface area contributed by atoms with E-state index >= 15 is 0 Å². The van der Waals surface area contributed by atoms with Crippen molar-refractivity contribution < 1.29 is 24.2 Å². The van der Waals surface area contributed by atoms with E-state index in [1.807, 2.05) is 24.3 Å². The van der Waals surface area contributed by atoms with Gasteiger partial charge in [0.25, 0.3) is 0 Å². The lowest BCUT2D eigenvalue weighted by atomic mass is 9.97. The molecule has 3 rings (SSSR count). The Morgan fingerprint density at radius 2 is 1.94 bits per heavy atom. The van der Waals surface area contributed by atoms with E-state index in [2.05, 4.69) is 10.3 Å². The maximum Gasteiger partial charge on any atom is 0.328 e. The minimum atomic E-state index is -0.838. The van der Waals surface area contributed by atoms with E-state index in [0.29, 0.717) is 36.6 Å². The molecule has 2 amide bonds. The highest BCUT2D eigenvalue weighted by atomic mass is 32.2. The normalized spacial score (nSPS) is 14.2. The highest BCUT2D eigenvalue weighted by Gasteiger charge is 2.28. The highest BCUT2D eigenvalue weighted by molar-refractivity contribution is 8.01. The molecule has 1 aromatic carbocycles. The Kier molecular flexibility index (Phi) is 9.61. The number of ether oxygens (including phenoxy) is 2. The number of thioether (sulfide) groups is 1. The lowest BCUT2D eigenvalue weighted by Crippen LogP contribution is -2.38. The van der Waals surface area contributed by atoms with Crippen LogP contribution < -0.4 is 15.0 Å². The number of methoxy groups -OCH3 is 1. The topological polar surface area (TPSA) is 101 Å². The average molecular weight is 508 g/mol. The summed E-state index contributed by atoms with van der Waals surface area (Å²) >= 11 is 2.78. The minimum Gasteiger partial charge on any atom is -0.491 e. The van der Waals surface area contributed by atoms with Crippen molar-refractivity contribution in [2.45, 2.75) is 43.7 Å². The van der Waals surface area contributed by atoms with Gasteiger partial charge in [0.15, 0.2) is 5.13 Å². The molecule has 1 aromatic heterocycles. The van der Waals surface area contributed by atoms with Crippen LogP contribution in [-0.4, -0.2) is 54.7 Å². The van der Waals surface area contributed by atoms with Gasteiger partial charge in [0.1, 0.15) is 12.4 Å². The van der Waals surface area contributed by atoms with Gasteiger partial charge in [0.2, 0.25) is 0 Å². The third-order valence-corrected chi connectivity index (χ3v) is 8.28. The van der Waals surface area contributed by atoms with Gasteiger partial charge in [-0.3, -0.25) is 15.0 Å². The predicted octanol–water partition coefficient (Wildman–Crippen LogP) is 5.60. The number of hydrogen-bond donors (Lipinski definition) is 2. The number of thiazole rings is 1. The average Bonchev–Trinajstić information content (AvgIpc) is 3.49. The second kappa shape index (κ2) is 12.4. The molecule has 8 nitrogen and oxygen atoms in total. The van der Waals surface area contributed by atoms with Crippen LogP contribution in [0.1, 0.15) is 39.5 Å². The number of carbonyl (C=O) groups excluding carboxylic acids is 1. The molecule has 1 saturated carbocycles. The molecule has 2 N–H and O–H groups in total. The van der Waals surface area contributed by atoms with Gasteiger partial charge in [-0.15, -0.1) is 11.8 Å². The summed E-state index contributed by atoms with van der Waals surface area (Å²) in [5, 5.41) is 12.7. The minimum absolute atomic E-state index is 0.225. The second-order valence-corrected chi connectivity index (χ2v) is 11.3. The van der Waals surface area contributed by atoms with E-state index in [1.165, 1.54) is 35.9 Å². The van der Waals surface area contributed by atoms with E-state index in [9.17, 15) is 14.7 Å². The van der Waals surface area contributed by atoms with Crippen LogP contribution in [0.3, 0.4) is 0 Å². The summed E-state index contributed by atoms with van der Waals surface area (Å²) in [6.45, 7) is 5.02. The molecule has 0 unspecified atom stereocenters. The van der Waals surface area contributed by atoms with E-state index in [-0.39, 0.29) is 6.03 Å². The molecule has 0 atom stereocenters. The Morgan fingerprint density at radius 3 is 2.59 bits per heavy atom. The standard InChI is InChI=1S/C24H33N3O5S2/c1-24(2,21(28)29)16-33-20-14-25-22(34-20)26-23(30)27(15-17-6-4-5-7-17)18-8-10-19(11-9-18)32-13-12-31-3/h8-11,14,17H,4-7,12-13,15-16H2,1-3H3,(H,28,29)(H,25,26,30). The molecule has 1 aliphatic carbocycles. The third kappa shape index (κ3) is 7.61. The summed E-state index contributed by atoms with van der Waals surface area (Å²) in [5.74, 6) is 0.789. The molecule has 34 heavy (non-hydrogen) atoms. The number of nitrogens with zero attached hydrogens (tertiary/aromatic N) is 2. The summed E-state index contributed by atoms with van der Waals surface area (Å²) < 4.78 is 11.5. The van der Waals surface area contributed by atoms with E-state index in [0.717, 1.165) is 28.5 Å². The maximum absolute atomic E-state index is 13.3. The van der Waals surface area contributed by atoms with E-state index in [4.69, 9.17) is 9.47 Å². The second-order valence-electron chi connectivity index (χ2n) is 8.99. The van der Waals surface area contributed by atoms with Crippen molar-refractivity contribution in [3.8, 4) is 5.75 Å². The molecule has 0 saturated heterocycles. The van der Waals surface area contributed by atoms with Gasteiger partial charge in [0.05, 0.1) is 22.4 Å². The predicted molar refractivity (Wildman–Crippen MR) is 136 cm³/mol. The first-order chi connectivity index (χ1) is 16.3. The van der Waals surface area contributed by atoms with Gasteiger partial charge in [-0.05, 0) is 56.9 Å². The number of urea groups is 1. The van der Waals surface area contributed by atoms with Gasteiger partial charge in [-0.25, -0.2) is 9.78 Å². The fraction of sp³-hybridized carbons (Fsp3) is 0.542. The molecule has 1 aliphatic rings. The number of amides is 2. The van der Waals surface area contributed by atoms with Crippen LogP contribution in [0.25, 0.3) is 0 Å². The zero-order valence-electron chi connectivity index (χ0n) is 19.9. The Hall–Kier alpha value is -2.30. The Bertz CT molecular complexity index is 942. The SMILES string of the molecule is COCCOc1ccc(N(CC2CCCC2)C(=O)Nc2ncc(SCC(C)(C)C(=O)O)s2)cc1. The quantitative estimate of drug-likeness (QED) is 0.285. The van der Waals surface area contributed by atoms with Gasteiger partial charge >= 0.3 is 12.0 Å². The van der Waals surface area contributed by atoms with Crippen molar-refractivity contribution >= 4 is 45.9 Å². The molecule has 0 bridgehead atoms. The first kappa shape index (κ1) is 26.3. The molecule has 0 aliphatic heterocycles. The Labute approximate surface area is 209 Å². The van der Waals surface area contributed by atoms with E-state index in [1.54, 1.807) is 32.1 Å². The molecular formula is C24H33N3O5S2. The Balaban J connectivity index is 1.66. The number of hydrogen-bond acceptors (Lipinski definition) is 7. The van der Waals surface area contributed by atoms with Crippen LogP contribution in [-0.2, 0) is 9.53 Å². The van der Waals surface area contributed by atoms with Crippen LogP contribution in [0.4, 0.5) is 15.6 Å². The van der Waals surface area contributed by atoms with Gasteiger partial charge in [-0.2, -0.15) is 0 Å². The number of benzene rings is 1. The van der Waals surface area contributed by atoms with Crippen LogP contribution in [0, 0.1) is 11.3 Å². The van der Waals surface area contributed by atoms with E-state index < -0.39 is 11.4 Å². The highest BCUT2D eigenvalue weighted by Crippen LogP contribution is 2.34. The van der Waals surface area contributed by atoms with Gasteiger partial charge in [0, 0.05) is 25.1 Å². The van der Waals surface area contributed by atoms with Crippen molar-refractivity contribution in [3.05, 3.63) is 30.5 Å². The number of aromatic nitrogens is 1. The number of nitrogens with one attached hydrogen (secondary N) is 1. The van der Waals surface area contributed by atoms with Crippen molar-refractivity contribution in [3.63, 3.8) is 0 Å².